The maximum Gasteiger partial charge on any atom is 0.135 e. The molecule has 20 aromatic rings. The summed E-state index contributed by atoms with van der Waals surface area (Å²) in [5.41, 5.74) is 34.5. The minimum absolute atomic E-state index is 0.545. The minimum atomic E-state index is -0.562. The Hall–Kier alpha value is -14.8. The summed E-state index contributed by atoms with van der Waals surface area (Å²) in [4.78, 5) is 9.82. The van der Waals surface area contributed by atoms with E-state index in [0.717, 1.165) is 67.4 Å². The summed E-state index contributed by atoms with van der Waals surface area (Å²) in [5, 5.41) is 4.79. The molecule has 0 fully saturated rings. The zero-order valence-corrected chi connectivity index (χ0v) is 64.0. The van der Waals surface area contributed by atoms with Crippen molar-refractivity contribution in [3.8, 4) is 44.5 Å². The van der Waals surface area contributed by atoms with Gasteiger partial charge in [0.15, 0.2) is 0 Å². The molecule has 116 heavy (non-hydrogen) atoms. The lowest BCUT2D eigenvalue weighted by atomic mass is 9.64. The molecule has 0 amide bonds. The van der Waals surface area contributed by atoms with E-state index in [9.17, 15) is 0 Å². The van der Waals surface area contributed by atoms with Crippen molar-refractivity contribution < 1.29 is 4.42 Å². The normalized spacial score (nSPS) is 13.3. The molecule has 0 atom stereocenters. The van der Waals surface area contributed by atoms with E-state index < -0.39 is 10.8 Å². The highest BCUT2D eigenvalue weighted by Gasteiger charge is 2.54. The van der Waals surface area contributed by atoms with Crippen molar-refractivity contribution in [3.63, 3.8) is 0 Å². The van der Waals surface area contributed by atoms with Crippen LogP contribution in [0.15, 0.2) is 441 Å². The summed E-state index contributed by atoms with van der Waals surface area (Å²) in [6.45, 7) is 0. The van der Waals surface area contributed by atoms with Gasteiger partial charge in [-0.3, -0.25) is 0 Å². The fourth-order valence-electron chi connectivity index (χ4n) is 19.8. The van der Waals surface area contributed by atoms with Crippen LogP contribution < -0.4 is 19.6 Å². The molecule has 6 heteroatoms. The molecule has 5 nitrogen and oxygen atoms in total. The quantitative estimate of drug-likeness (QED) is 0.136. The van der Waals surface area contributed by atoms with E-state index >= 15 is 0 Å². The second kappa shape index (κ2) is 27.0. The third-order valence-electron chi connectivity index (χ3n) is 24.5. The van der Waals surface area contributed by atoms with Crippen LogP contribution in [0, 0.1) is 0 Å². The van der Waals surface area contributed by atoms with Crippen molar-refractivity contribution >= 4 is 122 Å². The Balaban J connectivity index is 0.000000137. The van der Waals surface area contributed by atoms with Gasteiger partial charge in [-0.05, 0) is 211 Å². The van der Waals surface area contributed by atoms with Gasteiger partial charge in [0, 0.05) is 76.2 Å². The molecule has 2 aliphatic heterocycles. The van der Waals surface area contributed by atoms with E-state index in [4.69, 9.17) is 4.42 Å². The smallest absolute Gasteiger partial charge is 0.135 e. The highest BCUT2D eigenvalue weighted by atomic mass is 32.1. The number of furan rings is 1. The van der Waals surface area contributed by atoms with Gasteiger partial charge in [-0.15, -0.1) is 11.3 Å². The number of rotatable bonds is 10. The van der Waals surface area contributed by atoms with Crippen molar-refractivity contribution in [1.29, 1.82) is 0 Å². The largest absolute Gasteiger partial charge is 0.456 e. The number of hydrogen-bond acceptors (Lipinski definition) is 6. The van der Waals surface area contributed by atoms with Gasteiger partial charge in [-0.2, -0.15) is 0 Å². The molecule has 4 heterocycles. The van der Waals surface area contributed by atoms with E-state index in [0.29, 0.717) is 0 Å². The molecule has 544 valence electrons. The van der Waals surface area contributed by atoms with Crippen LogP contribution in [0.4, 0.5) is 68.2 Å². The fourth-order valence-corrected chi connectivity index (χ4v) is 20.9. The van der Waals surface area contributed by atoms with Crippen molar-refractivity contribution in [2.45, 2.75) is 10.8 Å². The van der Waals surface area contributed by atoms with Gasteiger partial charge in [-0.1, -0.05) is 303 Å². The van der Waals surface area contributed by atoms with Gasteiger partial charge in [0.05, 0.1) is 45.0 Å². The summed E-state index contributed by atoms with van der Waals surface area (Å²) in [6, 6.07) is 160. The standard InChI is InChI=1S/C55H36N2O.C55H36N2S/c2*1-3-16-37(17-4-1)38-30-32-40(33-31-38)56(41-34-35-53-44(36-41)42-20-8-14-29-52(42)58-53)51-28-15-25-48-54(51)43-21-7-9-22-45(43)55(48)46-23-10-12-26-49(46)57(39-18-5-2-6-19-39)50-27-13-11-24-47(50)55/h2*1-36H. The molecule has 0 unspecified atom stereocenters. The summed E-state index contributed by atoms with van der Waals surface area (Å²) >= 11 is 1.86. The molecule has 2 aromatic heterocycles. The molecule has 2 spiro atoms. The third kappa shape index (κ3) is 10.1. The maximum atomic E-state index is 6.34. The van der Waals surface area contributed by atoms with E-state index in [2.05, 4.69) is 444 Å². The second-order valence-corrected chi connectivity index (χ2v) is 31.5. The van der Waals surface area contributed by atoms with E-state index in [1.165, 1.54) is 132 Å². The molecule has 18 aromatic carbocycles. The topological polar surface area (TPSA) is 26.1 Å². The Morgan fingerprint density at radius 1 is 0.224 bits per heavy atom. The lowest BCUT2D eigenvalue weighted by molar-refractivity contribution is 0.669. The molecule has 4 aliphatic rings. The van der Waals surface area contributed by atoms with Crippen LogP contribution in [0.1, 0.15) is 44.5 Å². The summed E-state index contributed by atoms with van der Waals surface area (Å²) in [7, 11) is 0. The Kier molecular flexibility index (Phi) is 15.6. The molecule has 0 N–H and O–H groups in total. The summed E-state index contributed by atoms with van der Waals surface area (Å²) < 4.78 is 8.95. The Labute approximate surface area is 677 Å². The van der Waals surface area contributed by atoms with E-state index in [1.54, 1.807) is 0 Å². The predicted octanol–water partition coefficient (Wildman–Crippen LogP) is 30.2. The SMILES string of the molecule is c1ccc(-c2ccc(N(c3ccc4oc5ccccc5c4c3)c3cccc4c3-c3ccccc3C43c4ccccc4N(c4ccccc4)c4ccccc43)cc2)cc1.c1ccc(-c2ccc(N(c3ccc4sc5ccccc5c4c3)c3cccc4c3-c3ccccc3C43c4ccccc4N(c4ccccc4)c4ccccc43)cc2)cc1. The zero-order valence-electron chi connectivity index (χ0n) is 63.2. The number of para-hydroxylation sites is 7. The third-order valence-corrected chi connectivity index (χ3v) is 25.7. The van der Waals surface area contributed by atoms with E-state index in [-0.39, 0.29) is 0 Å². The number of fused-ring (bicyclic) bond motifs is 24. The van der Waals surface area contributed by atoms with Gasteiger partial charge in [0.25, 0.3) is 0 Å². The van der Waals surface area contributed by atoms with Crippen LogP contribution in [0.2, 0.25) is 0 Å². The lowest BCUT2D eigenvalue weighted by Gasteiger charge is -2.45. The monoisotopic (exact) mass is 1500 g/mol. The van der Waals surface area contributed by atoms with Crippen LogP contribution in [0.25, 0.3) is 86.6 Å². The molecular weight excluding hydrogens is 1430 g/mol. The number of anilines is 12. The molecule has 2 aliphatic carbocycles. The van der Waals surface area contributed by atoms with Crippen LogP contribution in [0.3, 0.4) is 0 Å². The lowest BCUT2D eigenvalue weighted by Crippen LogP contribution is -2.36. The molecular formula is C110H72N4OS. The average Bonchev–Trinajstić information content (AvgIpc) is 1.47. The molecule has 0 bridgehead atoms. The summed E-state index contributed by atoms with van der Waals surface area (Å²) in [6.07, 6.45) is 0. The van der Waals surface area contributed by atoms with Crippen LogP contribution in [-0.4, -0.2) is 0 Å². The van der Waals surface area contributed by atoms with Crippen molar-refractivity contribution in [2.24, 2.45) is 0 Å². The number of thiophene rings is 1. The summed E-state index contributed by atoms with van der Waals surface area (Å²) in [5.74, 6) is 0. The first-order chi connectivity index (χ1) is 57.6. The van der Waals surface area contributed by atoms with Crippen LogP contribution in [0.5, 0.6) is 0 Å². The molecule has 24 rings (SSSR count). The Morgan fingerprint density at radius 2 is 0.560 bits per heavy atom. The molecule has 0 saturated heterocycles. The first kappa shape index (κ1) is 66.9. The molecule has 0 saturated carbocycles. The van der Waals surface area contributed by atoms with Gasteiger partial charge in [-0.25, -0.2) is 0 Å². The number of nitrogens with zero attached hydrogens (tertiary/aromatic N) is 4. The van der Waals surface area contributed by atoms with Crippen molar-refractivity contribution in [2.75, 3.05) is 19.6 Å². The van der Waals surface area contributed by atoms with Crippen LogP contribution in [-0.2, 0) is 10.8 Å². The fraction of sp³-hybridized carbons (Fsp3) is 0.0182. The average molecular weight is 1500 g/mol. The highest BCUT2D eigenvalue weighted by molar-refractivity contribution is 7.25. The first-order valence-electron chi connectivity index (χ1n) is 39.9. The van der Waals surface area contributed by atoms with E-state index in [1.807, 2.05) is 23.5 Å². The van der Waals surface area contributed by atoms with Crippen molar-refractivity contribution in [1.82, 2.24) is 0 Å². The number of benzene rings is 18. The van der Waals surface area contributed by atoms with Gasteiger partial charge in [0.2, 0.25) is 0 Å². The second-order valence-electron chi connectivity index (χ2n) is 30.5. The first-order valence-corrected chi connectivity index (χ1v) is 40.7. The van der Waals surface area contributed by atoms with Gasteiger partial charge in [0.1, 0.15) is 11.2 Å². The molecule has 0 radical (unpaired) electrons. The highest BCUT2D eigenvalue weighted by Crippen LogP contribution is 2.68. The minimum Gasteiger partial charge on any atom is -0.456 e. The maximum absolute atomic E-state index is 6.34. The Bertz CT molecular complexity index is 6710. The zero-order chi connectivity index (χ0) is 76.4. The Morgan fingerprint density at radius 3 is 1.03 bits per heavy atom. The van der Waals surface area contributed by atoms with Crippen molar-refractivity contribution in [3.05, 3.63) is 481 Å². The van der Waals surface area contributed by atoms with Crippen LogP contribution >= 0.6 is 11.3 Å². The van der Waals surface area contributed by atoms with Gasteiger partial charge >= 0.3 is 0 Å². The number of hydrogen-bond donors (Lipinski definition) is 0. The van der Waals surface area contributed by atoms with Gasteiger partial charge < -0.3 is 24.0 Å². The predicted molar refractivity (Wildman–Crippen MR) is 484 cm³/mol.